The summed E-state index contributed by atoms with van der Waals surface area (Å²) >= 11 is 7.80. The minimum atomic E-state index is 0.307. The molecule has 3 unspecified atom stereocenters. The minimum absolute atomic E-state index is 0.307. The van der Waals surface area contributed by atoms with E-state index in [1.54, 1.807) is 11.3 Å². The maximum absolute atomic E-state index is 6.08. The quantitative estimate of drug-likeness (QED) is 0.910. The lowest BCUT2D eigenvalue weighted by molar-refractivity contribution is 0.0528. The van der Waals surface area contributed by atoms with Crippen LogP contribution in [0.15, 0.2) is 12.1 Å². The molecule has 19 heavy (non-hydrogen) atoms. The van der Waals surface area contributed by atoms with Crippen LogP contribution in [0.3, 0.4) is 0 Å². The fraction of sp³-hybridized carbons (Fsp3) is 0.733. The van der Waals surface area contributed by atoms with Crippen LogP contribution in [-0.4, -0.2) is 29.6 Å². The zero-order valence-corrected chi connectivity index (χ0v) is 13.5. The summed E-state index contributed by atoms with van der Waals surface area (Å²) in [7, 11) is 0. The van der Waals surface area contributed by atoms with E-state index >= 15 is 0 Å². The van der Waals surface area contributed by atoms with Crippen LogP contribution in [-0.2, 0) is 0 Å². The number of nitrogens with zero attached hydrogens (tertiary/aromatic N) is 1. The Morgan fingerprint density at radius 2 is 2.21 bits per heavy atom. The molecule has 1 aromatic heterocycles. The van der Waals surface area contributed by atoms with Gasteiger partial charge in [0.25, 0.3) is 0 Å². The fourth-order valence-corrected chi connectivity index (χ4v) is 4.45. The second-order valence-electron chi connectivity index (χ2n) is 6.41. The van der Waals surface area contributed by atoms with Crippen molar-refractivity contribution in [2.24, 2.45) is 5.92 Å². The third-order valence-electron chi connectivity index (χ3n) is 4.86. The number of halogens is 1. The fourth-order valence-electron chi connectivity index (χ4n) is 3.32. The highest BCUT2D eigenvalue weighted by atomic mass is 35.5. The Morgan fingerprint density at radius 3 is 2.79 bits per heavy atom. The monoisotopic (exact) mass is 298 g/mol. The molecule has 4 heteroatoms. The van der Waals surface area contributed by atoms with Gasteiger partial charge in [-0.25, -0.2) is 0 Å². The lowest BCUT2D eigenvalue weighted by atomic mass is 9.90. The molecule has 0 bridgehead atoms. The first kappa shape index (κ1) is 13.9. The van der Waals surface area contributed by atoms with Gasteiger partial charge in [0.05, 0.1) is 4.34 Å². The first-order chi connectivity index (χ1) is 8.99. The Bertz CT molecular complexity index is 457. The second-order valence-corrected chi connectivity index (χ2v) is 8.16. The Labute approximate surface area is 125 Å². The molecule has 106 valence electrons. The number of nitrogens with one attached hydrogen (secondary N) is 1. The van der Waals surface area contributed by atoms with Crippen molar-refractivity contribution >= 4 is 22.9 Å². The number of piperazine rings is 1. The average molecular weight is 299 g/mol. The van der Waals surface area contributed by atoms with Crippen molar-refractivity contribution in [2.45, 2.75) is 51.2 Å². The van der Waals surface area contributed by atoms with E-state index in [0.717, 1.165) is 23.3 Å². The molecule has 3 atom stereocenters. The standard InChI is InChI=1S/C15H23ClN2S/c1-10-8-17-15(3,12-4-5-12)9-18(10)11(2)13-6-7-14(16)19-13/h6-7,10-12,17H,4-5,8-9H2,1-3H3. The normalized spacial score (nSPS) is 34.4. The molecule has 0 aromatic carbocycles. The van der Waals surface area contributed by atoms with Gasteiger partial charge in [-0.2, -0.15) is 0 Å². The zero-order valence-electron chi connectivity index (χ0n) is 11.9. The van der Waals surface area contributed by atoms with Crippen molar-refractivity contribution < 1.29 is 0 Å². The van der Waals surface area contributed by atoms with Crippen LogP contribution in [0, 0.1) is 5.92 Å². The Balaban J connectivity index is 1.77. The molecule has 1 aromatic rings. The lowest BCUT2D eigenvalue weighted by Gasteiger charge is -2.48. The molecular formula is C15H23ClN2S. The predicted octanol–water partition coefficient (Wildman–Crippen LogP) is 3.92. The molecule has 0 spiro atoms. The van der Waals surface area contributed by atoms with Gasteiger partial charge in [-0.3, -0.25) is 4.90 Å². The van der Waals surface area contributed by atoms with Crippen molar-refractivity contribution in [1.29, 1.82) is 0 Å². The third kappa shape index (κ3) is 2.71. The lowest BCUT2D eigenvalue weighted by Crippen LogP contribution is -2.63. The number of rotatable bonds is 3. The van der Waals surface area contributed by atoms with Gasteiger partial charge in [0, 0.05) is 35.6 Å². The van der Waals surface area contributed by atoms with Crippen molar-refractivity contribution in [2.75, 3.05) is 13.1 Å². The van der Waals surface area contributed by atoms with Gasteiger partial charge in [-0.1, -0.05) is 11.6 Å². The summed E-state index contributed by atoms with van der Waals surface area (Å²) in [5, 5.41) is 3.78. The average Bonchev–Trinajstić information content (AvgIpc) is 3.15. The van der Waals surface area contributed by atoms with E-state index in [0.29, 0.717) is 17.6 Å². The van der Waals surface area contributed by atoms with Crippen LogP contribution >= 0.6 is 22.9 Å². The molecule has 2 fully saturated rings. The van der Waals surface area contributed by atoms with Crippen molar-refractivity contribution in [3.8, 4) is 0 Å². The minimum Gasteiger partial charge on any atom is -0.308 e. The van der Waals surface area contributed by atoms with Crippen LogP contribution in [0.1, 0.15) is 44.5 Å². The number of thiophene rings is 1. The summed E-state index contributed by atoms with van der Waals surface area (Å²) in [5.41, 5.74) is 0.307. The molecule has 1 aliphatic heterocycles. The molecule has 1 saturated heterocycles. The first-order valence-electron chi connectivity index (χ1n) is 7.25. The summed E-state index contributed by atoms with van der Waals surface area (Å²) in [6.07, 6.45) is 2.79. The van der Waals surface area contributed by atoms with Gasteiger partial charge in [0.1, 0.15) is 0 Å². The zero-order chi connectivity index (χ0) is 13.6. The topological polar surface area (TPSA) is 15.3 Å². The third-order valence-corrected chi connectivity index (χ3v) is 6.26. The molecular weight excluding hydrogens is 276 g/mol. The summed E-state index contributed by atoms with van der Waals surface area (Å²) in [6, 6.07) is 5.25. The molecule has 2 nitrogen and oxygen atoms in total. The molecule has 1 aliphatic carbocycles. The smallest absolute Gasteiger partial charge is 0.0931 e. The van der Waals surface area contributed by atoms with E-state index in [1.165, 1.54) is 17.7 Å². The van der Waals surface area contributed by atoms with Crippen molar-refractivity contribution in [1.82, 2.24) is 10.2 Å². The summed E-state index contributed by atoms with van der Waals surface area (Å²) in [5.74, 6) is 0.877. The number of hydrogen-bond donors (Lipinski definition) is 1. The highest BCUT2D eigenvalue weighted by Crippen LogP contribution is 2.43. The molecule has 2 aliphatic rings. The molecule has 0 amide bonds. The van der Waals surface area contributed by atoms with Crippen molar-refractivity contribution in [3.05, 3.63) is 21.3 Å². The molecule has 0 radical (unpaired) electrons. The molecule has 3 rings (SSSR count). The van der Waals surface area contributed by atoms with E-state index in [9.17, 15) is 0 Å². The Morgan fingerprint density at radius 1 is 1.47 bits per heavy atom. The highest BCUT2D eigenvalue weighted by molar-refractivity contribution is 7.16. The maximum Gasteiger partial charge on any atom is 0.0931 e. The van der Waals surface area contributed by atoms with E-state index in [1.807, 2.05) is 6.07 Å². The van der Waals surface area contributed by atoms with E-state index in [4.69, 9.17) is 11.6 Å². The van der Waals surface area contributed by atoms with Crippen LogP contribution in [0.4, 0.5) is 0 Å². The molecule has 1 saturated carbocycles. The maximum atomic E-state index is 6.08. The molecule has 1 N–H and O–H groups in total. The summed E-state index contributed by atoms with van der Waals surface area (Å²) < 4.78 is 0.898. The summed E-state index contributed by atoms with van der Waals surface area (Å²) in [6.45, 7) is 9.28. The van der Waals surface area contributed by atoms with Gasteiger partial charge in [0.15, 0.2) is 0 Å². The molecule has 2 heterocycles. The summed E-state index contributed by atoms with van der Waals surface area (Å²) in [4.78, 5) is 4.04. The Hall–Kier alpha value is -0.0900. The van der Waals surface area contributed by atoms with Gasteiger partial charge in [-0.15, -0.1) is 11.3 Å². The largest absolute Gasteiger partial charge is 0.308 e. The SMILES string of the molecule is CC1CNC(C)(C2CC2)CN1C(C)c1ccc(Cl)s1. The van der Waals surface area contributed by atoms with Crippen LogP contribution in [0.25, 0.3) is 0 Å². The van der Waals surface area contributed by atoms with Gasteiger partial charge in [0.2, 0.25) is 0 Å². The second kappa shape index (κ2) is 5.03. The van der Waals surface area contributed by atoms with Crippen LogP contribution in [0.5, 0.6) is 0 Å². The van der Waals surface area contributed by atoms with E-state index < -0.39 is 0 Å². The highest BCUT2D eigenvalue weighted by Gasteiger charge is 2.46. The first-order valence-corrected chi connectivity index (χ1v) is 8.45. The Kier molecular flexibility index (Phi) is 3.67. The van der Waals surface area contributed by atoms with Crippen LogP contribution < -0.4 is 5.32 Å². The van der Waals surface area contributed by atoms with Gasteiger partial charge < -0.3 is 5.32 Å². The number of hydrogen-bond acceptors (Lipinski definition) is 3. The van der Waals surface area contributed by atoms with E-state index in [2.05, 4.69) is 37.1 Å². The van der Waals surface area contributed by atoms with Crippen LogP contribution in [0.2, 0.25) is 4.34 Å². The van der Waals surface area contributed by atoms with Gasteiger partial charge >= 0.3 is 0 Å². The predicted molar refractivity (Wildman–Crippen MR) is 83.0 cm³/mol. The van der Waals surface area contributed by atoms with Crippen molar-refractivity contribution in [3.63, 3.8) is 0 Å². The van der Waals surface area contributed by atoms with E-state index in [-0.39, 0.29) is 0 Å². The van der Waals surface area contributed by atoms with Gasteiger partial charge in [-0.05, 0) is 51.7 Å².